The van der Waals surface area contributed by atoms with Crippen LogP contribution >= 0.6 is 31.9 Å². The summed E-state index contributed by atoms with van der Waals surface area (Å²) in [6.07, 6.45) is 4.69. The second kappa shape index (κ2) is 8.74. The highest BCUT2D eigenvalue weighted by Crippen LogP contribution is 2.40. The molecule has 7 nitrogen and oxygen atoms in total. The van der Waals surface area contributed by atoms with Crippen LogP contribution in [-0.4, -0.2) is 32.2 Å². The average Bonchev–Trinajstić information content (AvgIpc) is 2.71. The van der Waals surface area contributed by atoms with E-state index in [1.54, 1.807) is 36.7 Å². The van der Waals surface area contributed by atoms with Gasteiger partial charge in [-0.05, 0) is 62.2 Å². The molecule has 0 aliphatic heterocycles. The Kier molecular flexibility index (Phi) is 6.15. The van der Waals surface area contributed by atoms with Crippen LogP contribution in [0, 0.1) is 0 Å². The van der Waals surface area contributed by atoms with Gasteiger partial charge in [0.1, 0.15) is 21.7 Å². The molecule has 0 saturated carbocycles. The quantitative estimate of drug-likeness (QED) is 0.290. The number of phenolic OH excluding ortho intramolecular Hbond substituents is 2. The molecule has 1 aromatic carbocycles. The first kappa shape index (κ1) is 19.0. The summed E-state index contributed by atoms with van der Waals surface area (Å²) in [7, 11) is 0. The molecule has 0 unspecified atom stereocenters. The number of nitrogens with one attached hydrogen (secondary N) is 1. The van der Waals surface area contributed by atoms with Crippen molar-refractivity contribution >= 4 is 49.7 Å². The van der Waals surface area contributed by atoms with Crippen LogP contribution in [-0.2, 0) is 0 Å². The van der Waals surface area contributed by atoms with Gasteiger partial charge in [0.05, 0.1) is 10.7 Å². The molecule has 0 bridgehead atoms. The van der Waals surface area contributed by atoms with Crippen LogP contribution in [0.25, 0.3) is 0 Å². The van der Waals surface area contributed by atoms with Gasteiger partial charge in [-0.2, -0.15) is 5.10 Å². The Hall–Kier alpha value is -2.78. The number of hydrogen-bond acceptors (Lipinski definition) is 6. The fraction of sp³-hybridized carbons (Fsp3) is 0. The smallest absolute Gasteiger partial charge is 0.174 e. The maximum Gasteiger partial charge on any atom is 0.174 e. The lowest BCUT2D eigenvalue weighted by Gasteiger charge is -2.07. The minimum atomic E-state index is -0.137. The fourth-order valence-corrected chi connectivity index (χ4v) is 3.21. The highest BCUT2D eigenvalue weighted by molar-refractivity contribution is 9.11. The molecule has 0 amide bonds. The van der Waals surface area contributed by atoms with Crippen LogP contribution in [0.15, 0.2) is 73.9 Å². The zero-order valence-corrected chi connectivity index (χ0v) is 16.9. The molecule has 0 aliphatic carbocycles. The lowest BCUT2D eigenvalue weighted by Crippen LogP contribution is -2.20. The van der Waals surface area contributed by atoms with E-state index >= 15 is 0 Å². The van der Waals surface area contributed by atoms with Crippen molar-refractivity contribution in [3.8, 4) is 11.5 Å². The third-order valence-electron chi connectivity index (χ3n) is 3.35. The number of halogens is 2. The fourth-order valence-electron chi connectivity index (χ4n) is 2.06. The monoisotopic (exact) mass is 489 g/mol. The summed E-state index contributed by atoms with van der Waals surface area (Å²) in [6, 6.07) is 12.3. The molecule has 3 N–H and O–H groups in total. The van der Waals surface area contributed by atoms with E-state index in [4.69, 9.17) is 0 Å². The number of benzene rings is 1. The molecule has 0 aliphatic rings. The van der Waals surface area contributed by atoms with Crippen molar-refractivity contribution in [2.45, 2.75) is 0 Å². The minimum Gasteiger partial charge on any atom is -0.506 e. The lowest BCUT2D eigenvalue weighted by molar-refractivity contribution is 0.442. The van der Waals surface area contributed by atoms with E-state index in [2.05, 4.69) is 57.3 Å². The molecule has 2 heterocycles. The number of hydrazone groups is 1. The summed E-state index contributed by atoms with van der Waals surface area (Å²) in [6.45, 7) is 0. The first-order valence-electron chi connectivity index (χ1n) is 7.66. The molecule has 0 radical (unpaired) electrons. The first-order valence-corrected chi connectivity index (χ1v) is 9.25. The van der Waals surface area contributed by atoms with Crippen LogP contribution in [0.4, 0.5) is 5.82 Å². The van der Waals surface area contributed by atoms with Crippen molar-refractivity contribution in [2.24, 2.45) is 10.1 Å². The van der Waals surface area contributed by atoms with Gasteiger partial charge in [0.25, 0.3) is 0 Å². The van der Waals surface area contributed by atoms with Gasteiger partial charge in [0.2, 0.25) is 0 Å². The molecule has 0 spiro atoms. The van der Waals surface area contributed by atoms with Crippen molar-refractivity contribution in [1.29, 1.82) is 0 Å². The molecule has 27 heavy (non-hydrogen) atoms. The van der Waals surface area contributed by atoms with Crippen molar-refractivity contribution in [2.75, 3.05) is 0 Å². The van der Waals surface area contributed by atoms with Crippen LogP contribution in [0.2, 0.25) is 0 Å². The highest BCUT2D eigenvalue weighted by atomic mass is 79.9. The number of nitrogens with zero attached hydrogens (tertiary/aromatic N) is 4. The van der Waals surface area contributed by atoms with Gasteiger partial charge in [-0.25, -0.2) is 9.98 Å². The Morgan fingerprint density at radius 3 is 2.41 bits per heavy atom. The van der Waals surface area contributed by atoms with Gasteiger partial charge in [-0.3, -0.25) is 10.4 Å². The van der Waals surface area contributed by atoms with Crippen molar-refractivity contribution in [3.05, 3.63) is 75.1 Å². The van der Waals surface area contributed by atoms with Gasteiger partial charge < -0.3 is 10.2 Å². The third-order valence-corrected chi connectivity index (χ3v) is 4.71. The van der Waals surface area contributed by atoms with E-state index < -0.39 is 0 Å². The summed E-state index contributed by atoms with van der Waals surface area (Å²) in [4.78, 5) is 12.9. The summed E-state index contributed by atoms with van der Waals surface area (Å²) in [5.74, 6) is 0.659. The summed E-state index contributed by atoms with van der Waals surface area (Å²) >= 11 is 6.35. The van der Waals surface area contributed by atoms with E-state index in [1.807, 2.05) is 12.1 Å². The van der Waals surface area contributed by atoms with Crippen LogP contribution in [0.1, 0.15) is 11.3 Å². The Morgan fingerprint density at radius 1 is 1.00 bits per heavy atom. The van der Waals surface area contributed by atoms with Gasteiger partial charge in [0.15, 0.2) is 11.7 Å². The number of aromatic hydroxyl groups is 2. The summed E-state index contributed by atoms with van der Waals surface area (Å²) in [5, 5.41) is 24.0. The molecule has 0 atom stereocenters. The number of pyridine rings is 2. The standard InChI is InChI=1S/C18H13Br2N5O2/c19-12-9-11(16(26)15(20)17(12)27)10-23-25-18(13-5-1-3-7-21-13)24-14-6-2-4-8-22-14/h1-10,26-27H,(H,22,24,25). The van der Waals surface area contributed by atoms with Crippen molar-refractivity contribution in [3.63, 3.8) is 0 Å². The third kappa shape index (κ3) is 4.69. The first-order chi connectivity index (χ1) is 13.1. The highest BCUT2D eigenvalue weighted by Gasteiger charge is 2.13. The Morgan fingerprint density at radius 2 is 1.74 bits per heavy atom. The molecular formula is C18H13Br2N5O2. The molecular weight excluding hydrogens is 478 g/mol. The predicted molar refractivity (Wildman–Crippen MR) is 111 cm³/mol. The molecule has 136 valence electrons. The Bertz CT molecular complexity index is 996. The molecule has 2 aromatic heterocycles. The predicted octanol–water partition coefficient (Wildman–Crippen LogP) is 4.11. The van der Waals surface area contributed by atoms with Gasteiger partial charge >= 0.3 is 0 Å². The second-order valence-electron chi connectivity index (χ2n) is 5.19. The SMILES string of the molecule is Oc1c(Br)cc(C=NNC(=Nc2ccccn2)c2ccccn2)c(O)c1Br. The van der Waals surface area contributed by atoms with Gasteiger partial charge in [-0.1, -0.05) is 12.1 Å². The molecule has 3 aromatic rings. The van der Waals surface area contributed by atoms with Gasteiger partial charge in [-0.15, -0.1) is 0 Å². The number of aliphatic imine (C=N–C) groups is 1. The van der Waals surface area contributed by atoms with Crippen LogP contribution in [0.5, 0.6) is 11.5 Å². The average molecular weight is 491 g/mol. The minimum absolute atomic E-state index is 0.0940. The Labute approximate surface area is 171 Å². The number of hydrogen-bond donors (Lipinski definition) is 3. The van der Waals surface area contributed by atoms with E-state index in [-0.39, 0.29) is 16.0 Å². The van der Waals surface area contributed by atoms with Gasteiger partial charge in [0, 0.05) is 18.0 Å². The topological polar surface area (TPSA) is 103 Å². The van der Waals surface area contributed by atoms with E-state index in [0.717, 1.165) is 0 Å². The molecule has 9 heteroatoms. The van der Waals surface area contributed by atoms with Crippen LogP contribution in [0.3, 0.4) is 0 Å². The summed E-state index contributed by atoms with van der Waals surface area (Å²) < 4.78 is 0.589. The number of aromatic nitrogens is 2. The largest absolute Gasteiger partial charge is 0.506 e. The second-order valence-corrected chi connectivity index (χ2v) is 6.84. The molecule has 0 saturated heterocycles. The zero-order chi connectivity index (χ0) is 19.2. The number of phenols is 2. The van der Waals surface area contributed by atoms with Crippen molar-refractivity contribution in [1.82, 2.24) is 15.4 Å². The van der Waals surface area contributed by atoms with E-state index in [0.29, 0.717) is 27.4 Å². The number of rotatable bonds is 4. The van der Waals surface area contributed by atoms with E-state index in [1.165, 1.54) is 12.3 Å². The normalized spacial score (nSPS) is 11.7. The lowest BCUT2D eigenvalue weighted by atomic mass is 10.2. The molecule has 3 rings (SSSR count). The maximum absolute atomic E-state index is 10.1. The van der Waals surface area contributed by atoms with Crippen molar-refractivity contribution < 1.29 is 10.2 Å². The summed E-state index contributed by atoms with van der Waals surface area (Å²) in [5.41, 5.74) is 3.79. The van der Waals surface area contributed by atoms with Crippen LogP contribution < -0.4 is 5.43 Å². The van der Waals surface area contributed by atoms with E-state index in [9.17, 15) is 10.2 Å². The zero-order valence-electron chi connectivity index (χ0n) is 13.7. The Balaban J connectivity index is 1.90. The number of amidine groups is 1. The molecule has 0 fully saturated rings. The maximum atomic E-state index is 10.1.